The number of aromatic nitrogens is 2. The summed E-state index contributed by atoms with van der Waals surface area (Å²) in [5.41, 5.74) is 8.15. The monoisotopic (exact) mass is 310 g/mol. The van der Waals surface area contributed by atoms with E-state index in [9.17, 15) is 0 Å². The molecule has 1 unspecified atom stereocenters. The Balaban J connectivity index is 1.68. The number of nitrogens with zero attached hydrogens (tertiary/aromatic N) is 3. The van der Waals surface area contributed by atoms with E-state index in [4.69, 9.17) is 5.73 Å². The maximum Gasteiger partial charge on any atom is 0.224 e. The van der Waals surface area contributed by atoms with Gasteiger partial charge < -0.3 is 21.3 Å². The third-order valence-corrected chi connectivity index (χ3v) is 4.56. The van der Waals surface area contributed by atoms with Crippen molar-refractivity contribution < 1.29 is 0 Å². The highest BCUT2D eigenvalue weighted by atomic mass is 15.3. The Morgan fingerprint density at radius 3 is 2.61 bits per heavy atom. The number of nitrogens with one attached hydrogen (secondary N) is 2. The van der Waals surface area contributed by atoms with Gasteiger partial charge in [0.2, 0.25) is 5.95 Å². The van der Waals surface area contributed by atoms with Gasteiger partial charge in [-0.25, -0.2) is 0 Å². The van der Waals surface area contributed by atoms with E-state index in [0.717, 1.165) is 37.0 Å². The van der Waals surface area contributed by atoms with E-state index < -0.39 is 0 Å². The molecule has 0 spiro atoms. The van der Waals surface area contributed by atoms with Crippen molar-refractivity contribution >= 4 is 23.3 Å². The van der Waals surface area contributed by atoms with Gasteiger partial charge in [-0.1, -0.05) is 30.3 Å². The molecule has 2 aliphatic rings. The van der Waals surface area contributed by atoms with Crippen LogP contribution < -0.4 is 21.3 Å². The Hall–Kier alpha value is -2.50. The van der Waals surface area contributed by atoms with Gasteiger partial charge in [0.05, 0.1) is 6.04 Å². The highest BCUT2D eigenvalue weighted by Gasteiger charge is 2.26. The zero-order valence-electron chi connectivity index (χ0n) is 13.1. The predicted octanol–water partition coefficient (Wildman–Crippen LogP) is 2.63. The molecular weight excluding hydrogens is 288 g/mol. The molecule has 3 heterocycles. The Morgan fingerprint density at radius 1 is 1.04 bits per heavy atom. The molecule has 6 nitrogen and oxygen atoms in total. The fraction of sp³-hybridized carbons (Fsp3) is 0.412. The zero-order valence-corrected chi connectivity index (χ0v) is 13.1. The first-order valence-corrected chi connectivity index (χ1v) is 8.29. The average molecular weight is 310 g/mol. The maximum absolute atomic E-state index is 5.92. The van der Waals surface area contributed by atoms with Crippen molar-refractivity contribution in [2.45, 2.75) is 25.3 Å². The average Bonchev–Trinajstić information content (AvgIpc) is 2.62. The Labute approximate surface area is 136 Å². The molecule has 6 heteroatoms. The highest BCUT2D eigenvalue weighted by Crippen LogP contribution is 2.38. The number of hydrogen-bond acceptors (Lipinski definition) is 6. The predicted molar refractivity (Wildman–Crippen MR) is 93.8 cm³/mol. The number of rotatable bonds is 2. The topological polar surface area (TPSA) is 79.1 Å². The normalized spacial score (nSPS) is 20.3. The van der Waals surface area contributed by atoms with Crippen LogP contribution in [0.25, 0.3) is 0 Å². The zero-order chi connectivity index (χ0) is 15.6. The standard InChI is InChI=1S/C17H22N6/c18-17-21-15-14(16(22-17)23-9-5-2-6-10-23)20-13(11-19-15)12-7-3-1-4-8-12/h1,3-4,7-8,13,20H,2,5-6,9-11H2,(H3,18,19,21,22). The van der Waals surface area contributed by atoms with Crippen molar-refractivity contribution in [1.82, 2.24) is 9.97 Å². The van der Waals surface area contributed by atoms with Gasteiger partial charge in [-0.05, 0) is 24.8 Å². The summed E-state index contributed by atoms with van der Waals surface area (Å²) in [7, 11) is 0. The fourth-order valence-electron chi connectivity index (χ4n) is 3.37. The molecule has 23 heavy (non-hydrogen) atoms. The van der Waals surface area contributed by atoms with E-state index in [1.165, 1.54) is 24.8 Å². The Kier molecular flexibility index (Phi) is 3.65. The molecule has 0 bridgehead atoms. The van der Waals surface area contributed by atoms with Crippen LogP contribution in [-0.4, -0.2) is 29.6 Å². The largest absolute Gasteiger partial charge is 0.370 e. The van der Waals surface area contributed by atoms with E-state index in [-0.39, 0.29) is 6.04 Å². The quantitative estimate of drug-likeness (QED) is 0.791. The molecule has 0 aliphatic carbocycles. The number of anilines is 4. The molecule has 1 atom stereocenters. The van der Waals surface area contributed by atoms with Crippen molar-refractivity contribution in [2.24, 2.45) is 0 Å². The SMILES string of the molecule is Nc1nc2c(c(N3CCCCC3)n1)NC(c1ccccc1)CN2. The molecule has 2 aromatic rings. The third-order valence-electron chi connectivity index (χ3n) is 4.56. The summed E-state index contributed by atoms with van der Waals surface area (Å²) in [5, 5.41) is 7.03. The van der Waals surface area contributed by atoms with Crippen LogP contribution in [0.5, 0.6) is 0 Å². The number of nitrogen functional groups attached to an aromatic ring is 1. The first kappa shape index (κ1) is 14.1. The maximum atomic E-state index is 5.92. The van der Waals surface area contributed by atoms with Gasteiger partial charge in [-0.2, -0.15) is 9.97 Å². The minimum Gasteiger partial charge on any atom is -0.370 e. The lowest BCUT2D eigenvalue weighted by molar-refractivity contribution is 0.573. The van der Waals surface area contributed by atoms with Crippen LogP contribution in [0, 0.1) is 0 Å². The first-order chi connectivity index (χ1) is 11.3. The summed E-state index contributed by atoms with van der Waals surface area (Å²) in [6.07, 6.45) is 3.69. The number of hydrogen-bond donors (Lipinski definition) is 3. The van der Waals surface area contributed by atoms with Gasteiger partial charge in [-0.3, -0.25) is 0 Å². The van der Waals surface area contributed by atoms with E-state index in [2.05, 4.69) is 49.8 Å². The number of benzene rings is 1. The lowest BCUT2D eigenvalue weighted by Crippen LogP contribution is -2.34. The molecule has 4 N–H and O–H groups in total. The van der Waals surface area contributed by atoms with Crippen LogP contribution in [0.1, 0.15) is 30.9 Å². The second kappa shape index (κ2) is 5.95. The summed E-state index contributed by atoms with van der Waals surface area (Å²) >= 11 is 0. The molecule has 1 aromatic carbocycles. The molecule has 4 rings (SSSR count). The molecule has 1 fully saturated rings. The lowest BCUT2D eigenvalue weighted by Gasteiger charge is -2.34. The molecule has 0 radical (unpaired) electrons. The van der Waals surface area contributed by atoms with Gasteiger partial charge >= 0.3 is 0 Å². The van der Waals surface area contributed by atoms with Crippen molar-refractivity contribution in [2.75, 3.05) is 40.9 Å². The smallest absolute Gasteiger partial charge is 0.224 e. The third kappa shape index (κ3) is 2.76. The second-order valence-corrected chi connectivity index (χ2v) is 6.17. The molecule has 0 amide bonds. The van der Waals surface area contributed by atoms with Crippen molar-refractivity contribution in [3.05, 3.63) is 35.9 Å². The van der Waals surface area contributed by atoms with E-state index in [0.29, 0.717) is 5.95 Å². The number of nitrogens with two attached hydrogens (primary N) is 1. The Bertz CT molecular complexity index is 681. The van der Waals surface area contributed by atoms with Gasteiger partial charge in [0.1, 0.15) is 5.69 Å². The minimum atomic E-state index is 0.208. The minimum absolute atomic E-state index is 0.208. The van der Waals surface area contributed by atoms with Crippen molar-refractivity contribution in [3.8, 4) is 0 Å². The summed E-state index contributed by atoms with van der Waals surface area (Å²) < 4.78 is 0. The molecule has 0 saturated carbocycles. The van der Waals surface area contributed by atoms with Crippen LogP contribution in [0.15, 0.2) is 30.3 Å². The van der Waals surface area contributed by atoms with Crippen LogP contribution in [0.3, 0.4) is 0 Å². The van der Waals surface area contributed by atoms with Crippen LogP contribution in [-0.2, 0) is 0 Å². The lowest BCUT2D eigenvalue weighted by atomic mass is 10.0. The van der Waals surface area contributed by atoms with Crippen LogP contribution >= 0.6 is 0 Å². The molecule has 2 aliphatic heterocycles. The van der Waals surface area contributed by atoms with E-state index in [1.807, 2.05) is 6.07 Å². The Morgan fingerprint density at radius 2 is 1.83 bits per heavy atom. The van der Waals surface area contributed by atoms with Gasteiger partial charge in [0.25, 0.3) is 0 Å². The summed E-state index contributed by atoms with van der Waals surface area (Å²) in [6, 6.07) is 10.7. The van der Waals surface area contributed by atoms with E-state index in [1.54, 1.807) is 0 Å². The summed E-state index contributed by atoms with van der Waals surface area (Å²) in [4.78, 5) is 11.2. The van der Waals surface area contributed by atoms with Gasteiger partial charge in [0, 0.05) is 19.6 Å². The van der Waals surface area contributed by atoms with Crippen molar-refractivity contribution in [3.63, 3.8) is 0 Å². The van der Waals surface area contributed by atoms with Gasteiger partial charge in [-0.15, -0.1) is 0 Å². The fourth-order valence-corrected chi connectivity index (χ4v) is 3.37. The van der Waals surface area contributed by atoms with Crippen LogP contribution in [0.4, 0.5) is 23.3 Å². The van der Waals surface area contributed by atoms with Gasteiger partial charge in [0.15, 0.2) is 11.6 Å². The van der Waals surface area contributed by atoms with Crippen molar-refractivity contribution in [1.29, 1.82) is 0 Å². The second-order valence-electron chi connectivity index (χ2n) is 6.17. The highest BCUT2D eigenvalue weighted by molar-refractivity contribution is 5.81. The first-order valence-electron chi connectivity index (χ1n) is 8.29. The summed E-state index contributed by atoms with van der Waals surface area (Å²) in [5.74, 6) is 2.07. The summed E-state index contributed by atoms with van der Waals surface area (Å²) in [6.45, 7) is 2.84. The van der Waals surface area contributed by atoms with E-state index >= 15 is 0 Å². The molecule has 1 saturated heterocycles. The number of piperidine rings is 1. The van der Waals surface area contributed by atoms with Crippen LogP contribution in [0.2, 0.25) is 0 Å². The molecule has 1 aromatic heterocycles. The number of fused-ring (bicyclic) bond motifs is 1. The molecule has 120 valence electrons. The molecular formula is C17H22N6.